The summed E-state index contributed by atoms with van der Waals surface area (Å²) in [6.07, 6.45) is 10.1. The van der Waals surface area contributed by atoms with E-state index in [1.165, 1.54) is 38.5 Å². The molecule has 1 N–H and O–H groups in total. The lowest BCUT2D eigenvalue weighted by atomic mass is 9.83. The molecule has 3 unspecified atom stereocenters. The zero-order chi connectivity index (χ0) is 18.7. The van der Waals surface area contributed by atoms with Crippen LogP contribution < -0.4 is 5.32 Å². The Morgan fingerprint density at radius 1 is 1.04 bits per heavy atom. The number of rotatable bonds is 5. The molecule has 5 fully saturated rings. The largest absolute Gasteiger partial charge is 0.380 e. The van der Waals surface area contributed by atoms with Gasteiger partial charge < -0.3 is 14.6 Å². The van der Waals surface area contributed by atoms with Crippen molar-refractivity contribution >= 4 is 18.0 Å². The van der Waals surface area contributed by atoms with Crippen molar-refractivity contribution in [3.05, 3.63) is 17.5 Å². The van der Waals surface area contributed by atoms with Crippen LogP contribution in [0.2, 0.25) is 0 Å². The van der Waals surface area contributed by atoms with E-state index in [1.807, 2.05) is 12.1 Å². The van der Waals surface area contributed by atoms with Gasteiger partial charge >= 0.3 is 0 Å². The van der Waals surface area contributed by atoms with Crippen molar-refractivity contribution in [1.82, 2.24) is 19.1 Å². The summed E-state index contributed by atoms with van der Waals surface area (Å²) in [7, 11) is 0. The van der Waals surface area contributed by atoms with Crippen LogP contribution in [0, 0.1) is 0 Å². The summed E-state index contributed by atoms with van der Waals surface area (Å²) in [5, 5.41) is 7.20. The van der Waals surface area contributed by atoms with Crippen LogP contribution in [0.25, 0.3) is 0 Å². The summed E-state index contributed by atoms with van der Waals surface area (Å²) in [6.45, 7) is 1.32. The van der Waals surface area contributed by atoms with Crippen LogP contribution in [-0.4, -0.2) is 63.1 Å². The number of ether oxygens (including phenoxy) is 1. The minimum atomic E-state index is -0.0991. The molecule has 0 aliphatic carbocycles. The van der Waals surface area contributed by atoms with E-state index in [0.717, 1.165) is 30.7 Å². The van der Waals surface area contributed by atoms with Crippen LogP contribution in [0.4, 0.5) is 0 Å². The zero-order valence-corrected chi connectivity index (χ0v) is 16.9. The van der Waals surface area contributed by atoms with Crippen LogP contribution in [0.5, 0.6) is 0 Å². The number of nitrogens with zero attached hydrogens (tertiary/aromatic N) is 3. The molecule has 1 aromatic heterocycles. The maximum absolute atomic E-state index is 12.6. The zero-order valence-electron chi connectivity index (χ0n) is 16.1. The van der Waals surface area contributed by atoms with E-state index < -0.39 is 0 Å². The molecule has 7 nitrogen and oxygen atoms in total. The molecule has 0 spiro atoms. The van der Waals surface area contributed by atoms with Crippen molar-refractivity contribution in [3.8, 4) is 0 Å². The Hall–Kier alpha value is -1.09. The van der Waals surface area contributed by atoms with Crippen molar-refractivity contribution in [1.29, 1.82) is 0 Å². The number of amides is 1. The van der Waals surface area contributed by atoms with Crippen molar-refractivity contribution in [2.24, 2.45) is 0 Å². The van der Waals surface area contributed by atoms with Crippen molar-refractivity contribution in [3.63, 3.8) is 0 Å². The van der Waals surface area contributed by atoms with Gasteiger partial charge in [-0.3, -0.25) is 4.79 Å². The van der Waals surface area contributed by atoms with Crippen molar-refractivity contribution in [2.75, 3.05) is 13.2 Å². The first kappa shape index (κ1) is 17.7. The SMILES string of the molecule is O=C(NC1CC2CCC(C1)N2SN1C2CCC[C@H]1C2)c1cc(C2COC2)on1. The molecule has 28 heavy (non-hydrogen) atoms. The summed E-state index contributed by atoms with van der Waals surface area (Å²) in [5.74, 6) is 0.923. The molecule has 0 saturated carbocycles. The summed E-state index contributed by atoms with van der Waals surface area (Å²) in [6, 6.07) is 4.80. The second kappa shape index (κ2) is 7.00. The molecule has 4 bridgehead atoms. The maximum Gasteiger partial charge on any atom is 0.273 e. The lowest BCUT2D eigenvalue weighted by Gasteiger charge is -2.54. The summed E-state index contributed by atoms with van der Waals surface area (Å²) >= 11 is 2.03. The van der Waals surface area contributed by atoms with E-state index in [-0.39, 0.29) is 17.9 Å². The first-order valence-electron chi connectivity index (χ1n) is 10.8. The summed E-state index contributed by atoms with van der Waals surface area (Å²) < 4.78 is 15.9. The lowest BCUT2D eigenvalue weighted by Crippen LogP contribution is -2.57. The Bertz CT molecular complexity index is 726. The van der Waals surface area contributed by atoms with E-state index in [4.69, 9.17) is 9.26 Å². The molecule has 1 amide bonds. The number of hydrogen-bond donors (Lipinski definition) is 1. The minimum absolute atomic E-state index is 0.0991. The van der Waals surface area contributed by atoms with Gasteiger partial charge in [-0.05, 0) is 44.9 Å². The van der Waals surface area contributed by atoms with E-state index in [0.29, 0.717) is 31.0 Å². The Balaban J connectivity index is 1.06. The second-order valence-electron chi connectivity index (χ2n) is 9.15. The van der Waals surface area contributed by atoms with Gasteiger partial charge in [-0.15, -0.1) is 0 Å². The Morgan fingerprint density at radius 2 is 1.71 bits per heavy atom. The van der Waals surface area contributed by atoms with Gasteiger partial charge in [0.25, 0.3) is 5.91 Å². The lowest BCUT2D eigenvalue weighted by molar-refractivity contribution is -0.00228. The Kier molecular flexibility index (Phi) is 4.44. The molecule has 152 valence electrons. The van der Waals surface area contributed by atoms with Gasteiger partial charge in [-0.2, -0.15) is 0 Å². The number of aromatic nitrogens is 1. The highest BCUT2D eigenvalue weighted by atomic mass is 32.2. The average Bonchev–Trinajstić information content (AvgIpc) is 3.22. The summed E-state index contributed by atoms with van der Waals surface area (Å²) in [4.78, 5) is 12.6. The molecule has 0 radical (unpaired) electrons. The topological polar surface area (TPSA) is 70.8 Å². The first-order valence-corrected chi connectivity index (χ1v) is 11.6. The molecule has 6 rings (SSSR count). The number of piperidine rings is 2. The van der Waals surface area contributed by atoms with Gasteiger partial charge in [-0.1, -0.05) is 11.6 Å². The Morgan fingerprint density at radius 3 is 2.32 bits per heavy atom. The van der Waals surface area contributed by atoms with Gasteiger partial charge in [0.1, 0.15) is 5.76 Å². The normalized spacial score (nSPS) is 38.1. The highest BCUT2D eigenvalue weighted by Gasteiger charge is 2.48. The van der Waals surface area contributed by atoms with Crippen LogP contribution in [-0.2, 0) is 4.74 Å². The fourth-order valence-electron chi connectivity index (χ4n) is 5.64. The van der Waals surface area contributed by atoms with Gasteiger partial charge in [0.05, 0.1) is 19.1 Å². The van der Waals surface area contributed by atoms with Crippen LogP contribution in [0.15, 0.2) is 10.6 Å². The standard InChI is InChI=1S/C20H28N4O3S/c25-20(18-9-19(27-22-18)12-10-26-11-12)21-13-6-16-4-5-17(7-13)24(16)28-23-14-2-1-3-15(23)8-14/h9,12-17H,1-8,10-11H2,(H,21,25)/t13?,14-,15?,16?,17?/m0/s1. The van der Waals surface area contributed by atoms with Crippen molar-refractivity contribution in [2.45, 2.75) is 87.5 Å². The average molecular weight is 405 g/mol. The van der Waals surface area contributed by atoms with Crippen LogP contribution >= 0.6 is 12.1 Å². The highest BCUT2D eigenvalue weighted by Crippen LogP contribution is 2.48. The van der Waals surface area contributed by atoms with Gasteiger partial charge in [0.15, 0.2) is 5.69 Å². The van der Waals surface area contributed by atoms with E-state index in [9.17, 15) is 4.79 Å². The fourth-order valence-corrected chi connectivity index (χ4v) is 7.15. The Labute approximate surface area is 169 Å². The summed E-state index contributed by atoms with van der Waals surface area (Å²) in [5.41, 5.74) is 0.402. The quantitative estimate of drug-likeness (QED) is 0.757. The molecule has 1 aromatic rings. The number of carbonyl (C=O) groups excluding carboxylic acids is 1. The molecule has 6 heterocycles. The highest BCUT2D eigenvalue weighted by molar-refractivity contribution is 7.94. The minimum Gasteiger partial charge on any atom is -0.380 e. The van der Waals surface area contributed by atoms with Gasteiger partial charge in [0.2, 0.25) is 0 Å². The van der Waals surface area contributed by atoms with Crippen LogP contribution in [0.1, 0.15) is 73.5 Å². The number of hydrogen-bond acceptors (Lipinski definition) is 7. The molecular formula is C20H28N4O3S. The van der Waals surface area contributed by atoms with Crippen LogP contribution in [0.3, 0.4) is 0 Å². The number of nitrogens with one attached hydrogen (secondary N) is 1. The molecule has 8 heteroatoms. The molecule has 0 aromatic carbocycles. The third kappa shape index (κ3) is 3.00. The molecule has 5 aliphatic rings. The molecule has 5 aliphatic heterocycles. The maximum atomic E-state index is 12.6. The first-order chi connectivity index (χ1) is 13.7. The molecule has 5 saturated heterocycles. The monoisotopic (exact) mass is 404 g/mol. The third-order valence-corrected chi connectivity index (χ3v) is 8.90. The van der Waals surface area contributed by atoms with E-state index in [2.05, 4.69) is 19.1 Å². The number of fused-ring (bicyclic) bond motifs is 4. The van der Waals surface area contributed by atoms with Crippen molar-refractivity contribution < 1.29 is 14.1 Å². The third-order valence-electron chi connectivity index (χ3n) is 7.33. The molecular weight excluding hydrogens is 376 g/mol. The van der Waals surface area contributed by atoms with Gasteiger partial charge in [0, 0.05) is 48.4 Å². The predicted octanol–water partition coefficient (Wildman–Crippen LogP) is 2.70. The predicted molar refractivity (Wildman–Crippen MR) is 105 cm³/mol. The number of carbonyl (C=O) groups is 1. The van der Waals surface area contributed by atoms with E-state index in [1.54, 1.807) is 6.07 Å². The van der Waals surface area contributed by atoms with E-state index >= 15 is 0 Å². The smallest absolute Gasteiger partial charge is 0.273 e. The molecule has 4 atom stereocenters. The van der Waals surface area contributed by atoms with Gasteiger partial charge in [-0.25, -0.2) is 8.61 Å². The fraction of sp³-hybridized carbons (Fsp3) is 0.800. The second-order valence-corrected chi connectivity index (χ2v) is 10.2.